The Balaban J connectivity index is 2.15. The van der Waals surface area contributed by atoms with Gasteiger partial charge in [0.1, 0.15) is 0 Å². The van der Waals surface area contributed by atoms with Gasteiger partial charge in [-0.25, -0.2) is 0 Å². The quantitative estimate of drug-likeness (QED) is 0.739. The van der Waals surface area contributed by atoms with E-state index in [4.69, 9.17) is 11.6 Å². The highest BCUT2D eigenvalue weighted by Gasteiger charge is 1.96. The highest BCUT2D eigenvalue weighted by atomic mass is 35.5. The van der Waals surface area contributed by atoms with Crippen LogP contribution in [0.1, 0.15) is 11.1 Å². The zero-order chi connectivity index (χ0) is 9.97. The van der Waals surface area contributed by atoms with Crippen LogP contribution in [0.5, 0.6) is 0 Å². The Bertz CT molecular complexity index is 417. The second-order valence-electron chi connectivity index (χ2n) is 3.34. The van der Waals surface area contributed by atoms with Crippen molar-refractivity contribution >= 4 is 11.6 Å². The molecule has 0 fully saturated rings. The first-order valence-electron chi connectivity index (χ1n) is 4.47. The molecule has 0 saturated heterocycles. The fraction of sp³-hybridized carbons (Fsp3) is 0.182. The third-order valence-electron chi connectivity index (χ3n) is 2.02. The fourth-order valence-corrected chi connectivity index (χ4v) is 1.46. The van der Waals surface area contributed by atoms with Crippen LogP contribution in [-0.2, 0) is 6.54 Å². The number of rotatable bonds is 2. The minimum Gasteiger partial charge on any atom is -0.268 e. The molecule has 0 atom stereocenters. The summed E-state index contributed by atoms with van der Waals surface area (Å²) in [5, 5.41) is 4.99. The molecule has 14 heavy (non-hydrogen) atoms. The first kappa shape index (κ1) is 9.28. The van der Waals surface area contributed by atoms with Gasteiger partial charge in [0.15, 0.2) is 0 Å². The van der Waals surface area contributed by atoms with Crippen LogP contribution in [0, 0.1) is 6.92 Å². The van der Waals surface area contributed by atoms with Crippen molar-refractivity contribution in [1.82, 2.24) is 9.78 Å². The molecule has 0 aliphatic carbocycles. The van der Waals surface area contributed by atoms with Crippen molar-refractivity contribution in [3.63, 3.8) is 0 Å². The molecule has 1 aromatic carbocycles. The molecule has 0 unspecified atom stereocenters. The smallest absolute Gasteiger partial charge is 0.0659 e. The van der Waals surface area contributed by atoms with Crippen LogP contribution in [0.2, 0.25) is 5.02 Å². The number of hydrogen-bond donors (Lipinski definition) is 0. The summed E-state index contributed by atoms with van der Waals surface area (Å²) >= 11 is 5.80. The second-order valence-corrected chi connectivity index (χ2v) is 3.78. The van der Waals surface area contributed by atoms with Gasteiger partial charge in [0.2, 0.25) is 0 Å². The van der Waals surface area contributed by atoms with E-state index < -0.39 is 0 Å². The van der Waals surface area contributed by atoms with Gasteiger partial charge in [0.25, 0.3) is 0 Å². The Kier molecular flexibility index (Phi) is 2.55. The Morgan fingerprint density at radius 1 is 1.29 bits per heavy atom. The molecule has 3 heteroatoms. The number of aromatic nitrogens is 2. The lowest BCUT2D eigenvalue weighted by Gasteiger charge is -2.01. The van der Waals surface area contributed by atoms with Crippen molar-refractivity contribution in [2.75, 3.05) is 0 Å². The zero-order valence-corrected chi connectivity index (χ0v) is 8.70. The average Bonchev–Trinajstić information content (AvgIpc) is 2.56. The van der Waals surface area contributed by atoms with Crippen LogP contribution in [0.15, 0.2) is 36.7 Å². The average molecular weight is 207 g/mol. The summed E-state index contributed by atoms with van der Waals surface area (Å²) in [7, 11) is 0. The van der Waals surface area contributed by atoms with Gasteiger partial charge in [0.05, 0.1) is 12.7 Å². The van der Waals surface area contributed by atoms with Crippen LogP contribution < -0.4 is 0 Å². The summed E-state index contributed by atoms with van der Waals surface area (Å²) in [4.78, 5) is 0. The predicted octanol–water partition coefficient (Wildman–Crippen LogP) is 2.89. The Morgan fingerprint density at radius 2 is 2.00 bits per heavy atom. The fourth-order valence-electron chi connectivity index (χ4n) is 1.33. The topological polar surface area (TPSA) is 17.8 Å². The largest absolute Gasteiger partial charge is 0.268 e. The molecule has 72 valence electrons. The highest BCUT2D eigenvalue weighted by Crippen LogP contribution is 2.10. The van der Waals surface area contributed by atoms with Crippen LogP contribution in [0.3, 0.4) is 0 Å². The summed E-state index contributed by atoms with van der Waals surface area (Å²) in [6.45, 7) is 2.83. The lowest BCUT2D eigenvalue weighted by atomic mass is 10.2. The molecule has 0 aliphatic heterocycles. The van der Waals surface area contributed by atoms with Gasteiger partial charge in [-0.1, -0.05) is 23.7 Å². The first-order valence-corrected chi connectivity index (χ1v) is 4.85. The van der Waals surface area contributed by atoms with Gasteiger partial charge in [-0.3, -0.25) is 4.68 Å². The van der Waals surface area contributed by atoms with Gasteiger partial charge in [0, 0.05) is 11.2 Å². The molecule has 2 rings (SSSR count). The third kappa shape index (κ3) is 2.15. The first-order chi connectivity index (χ1) is 6.74. The Labute approximate surface area is 88.1 Å². The van der Waals surface area contributed by atoms with E-state index in [1.165, 1.54) is 11.1 Å². The van der Waals surface area contributed by atoms with E-state index in [9.17, 15) is 0 Å². The van der Waals surface area contributed by atoms with Gasteiger partial charge >= 0.3 is 0 Å². The molecule has 2 aromatic rings. The van der Waals surface area contributed by atoms with Gasteiger partial charge < -0.3 is 0 Å². The summed E-state index contributed by atoms with van der Waals surface area (Å²) in [5.41, 5.74) is 2.39. The van der Waals surface area contributed by atoms with E-state index in [0.29, 0.717) is 0 Å². The molecule has 0 bridgehead atoms. The molecule has 0 N–H and O–H groups in total. The molecule has 0 radical (unpaired) electrons. The van der Waals surface area contributed by atoms with Crippen LogP contribution in [-0.4, -0.2) is 9.78 Å². The van der Waals surface area contributed by atoms with Gasteiger partial charge in [-0.05, 0) is 30.2 Å². The molecular weight excluding hydrogens is 196 g/mol. The maximum absolute atomic E-state index is 5.80. The Hall–Kier alpha value is -1.28. The molecule has 2 nitrogen and oxygen atoms in total. The van der Waals surface area contributed by atoms with E-state index >= 15 is 0 Å². The highest BCUT2D eigenvalue weighted by molar-refractivity contribution is 6.30. The summed E-state index contributed by atoms with van der Waals surface area (Å²) in [6, 6.07) is 7.82. The van der Waals surface area contributed by atoms with Crippen molar-refractivity contribution < 1.29 is 0 Å². The minimum atomic E-state index is 0.769. The van der Waals surface area contributed by atoms with Crippen molar-refractivity contribution in [3.05, 3.63) is 52.8 Å². The molecule has 1 heterocycles. The SMILES string of the molecule is Cc1cnn(Cc2ccc(Cl)cc2)c1. The molecular formula is C11H11ClN2. The Morgan fingerprint density at radius 3 is 2.57 bits per heavy atom. The zero-order valence-electron chi connectivity index (χ0n) is 7.94. The monoisotopic (exact) mass is 206 g/mol. The summed E-state index contributed by atoms with van der Waals surface area (Å²) < 4.78 is 1.92. The van der Waals surface area contributed by atoms with Crippen LogP contribution >= 0.6 is 11.6 Å². The summed E-state index contributed by atoms with van der Waals surface area (Å²) in [6.07, 6.45) is 3.88. The van der Waals surface area contributed by atoms with Crippen molar-refractivity contribution in [2.45, 2.75) is 13.5 Å². The van der Waals surface area contributed by atoms with Crippen molar-refractivity contribution in [1.29, 1.82) is 0 Å². The number of nitrogens with zero attached hydrogens (tertiary/aromatic N) is 2. The second kappa shape index (κ2) is 3.84. The maximum Gasteiger partial charge on any atom is 0.0659 e. The van der Waals surface area contributed by atoms with Gasteiger partial charge in [-0.2, -0.15) is 5.10 Å². The minimum absolute atomic E-state index is 0.769. The number of halogens is 1. The number of aryl methyl sites for hydroxylation is 1. The molecule has 0 spiro atoms. The van der Waals surface area contributed by atoms with E-state index in [1.807, 2.05) is 48.3 Å². The number of hydrogen-bond acceptors (Lipinski definition) is 1. The van der Waals surface area contributed by atoms with Gasteiger partial charge in [-0.15, -0.1) is 0 Å². The standard InChI is InChI=1S/C11H11ClN2/c1-9-6-13-14(7-9)8-10-2-4-11(12)5-3-10/h2-7H,8H2,1H3. The van der Waals surface area contributed by atoms with Crippen LogP contribution in [0.4, 0.5) is 0 Å². The molecule has 0 amide bonds. The molecule has 0 saturated carbocycles. The van der Waals surface area contributed by atoms with E-state index in [0.717, 1.165) is 11.6 Å². The lowest BCUT2D eigenvalue weighted by Crippen LogP contribution is -1.99. The van der Waals surface area contributed by atoms with E-state index in [-0.39, 0.29) is 0 Å². The van der Waals surface area contributed by atoms with Crippen molar-refractivity contribution in [3.8, 4) is 0 Å². The van der Waals surface area contributed by atoms with Crippen LogP contribution in [0.25, 0.3) is 0 Å². The predicted molar refractivity (Wildman–Crippen MR) is 57.5 cm³/mol. The lowest BCUT2D eigenvalue weighted by molar-refractivity contribution is 0.686. The van der Waals surface area contributed by atoms with Crippen molar-refractivity contribution in [2.24, 2.45) is 0 Å². The number of benzene rings is 1. The molecule has 1 aromatic heterocycles. The summed E-state index contributed by atoms with van der Waals surface area (Å²) in [5.74, 6) is 0. The maximum atomic E-state index is 5.80. The molecule has 0 aliphatic rings. The van der Waals surface area contributed by atoms with E-state index in [1.54, 1.807) is 0 Å². The third-order valence-corrected chi connectivity index (χ3v) is 2.27. The van der Waals surface area contributed by atoms with E-state index in [2.05, 4.69) is 5.10 Å². The normalized spacial score (nSPS) is 10.4.